The van der Waals surface area contributed by atoms with Crippen LogP contribution in [0.25, 0.3) is 10.9 Å². The van der Waals surface area contributed by atoms with Crippen molar-refractivity contribution < 1.29 is 5.11 Å². The van der Waals surface area contributed by atoms with E-state index in [2.05, 4.69) is 16.4 Å². The number of hydrogen-bond acceptors (Lipinski definition) is 3. The summed E-state index contributed by atoms with van der Waals surface area (Å²) in [4.78, 5) is 4.34. The molecule has 1 heterocycles. The summed E-state index contributed by atoms with van der Waals surface area (Å²) in [7, 11) is 0. The van der Waals surface area contributed by atoms with Crippen molar-refractivity contribution in [1.29, 1.82) is 0 Å². The van der Waals surface area contributed by atoms with Crippen LogP contribution in [0.3, 0.4) is 0 Å². The molecule has 0 saturated carbocycles. The van der Waals surface area contributed by atoms with Gasteiger partial charge in [0.15, 0.2) is 0 Å². The van der Waals surface area contributed by atoms with Crippen LogP contribution in [-0.2, 0) is 6.54 Å². The number of phenolic OH excluding ortho intramolecular Hbond substituents is 1. The number of phenols is 1. The average Bonchev–Trinajstić information content (AvgIpc) is 2.48. The summed E-state index contributed by atoms with van der Waals surface area (Å²) >= 11 is 5.89. The lowest BCUT2D eigenvalue weighted by Gasteiger charge is -2.09. The van der Waals surface area contributed by atoms with Crippen molar-refractivity contribution in [2.45, 2.75) is 6.54 Å². The standard InChI is InChI=1S/C16H13ClN2O/c17-14-9-12(5-6-16(14)20)19-10-11-7-8-18-15-4-2-1-3-13(11)15/h1-9,19-20H,10H2. The molecular weight excluding hydrogens is 272 g/mol. The summed E-state index contributed by atoms with van der Waals surface area (Å²) in [5, 5.41) is 14.2. The lowest BCUT2D eigenvalue weighted by Crippen LogP contribution is -2.00. The van der Waals surface area contributed by atoms with Crippen LogP contribution in [0.5, 0.6) is 5.75 Å². The Morgan fingerprint density at radius 2 is 1.95 bits per heavy atom. The van der Waals surface area contributed by atoms with E-state index in [0.717, 1.165) is 16.6 Å². The summed E-state index contributed by atoms with van der Waals surface area (Å²) in [5.41, 5.74) is 3.02. The fourth-order valence-electron chi connectivity index (χ4n) is 2.12. The molecule has 2 aromatic carbocycles. The lowest BCUT2D eigenvalue weighted by molar-refractivity contribution is 0.475. The van der Waals surface area contributed by atoms with Gasteiger partial charge in [-0.1, -0.05) is 29.8 Å². The normalized spacial score (nSPS) is 10.7. The van der Waals surface area contributed by atoms with E-state index in [1.165, 1.54) is 5.56 Å². The number of aromatic nitrogens is 1. The molecule has 0 atom stereocenters. The number of fused-ring (bicyclic) bond motifs is 1. The molecule has 1 aromatic heterocycles. The summed E-state index contributed by atoms with van der Waals surface area (Å²) < 4.78 is 0. The van der Waals surface area contributed by atoms with Gasteiger partial charge < -0.3 is 10.4 Å². The highest BCUT2D eigenvalue weighted by molar-refractivity contribution is 6.32. The SMILES string of the molecule is Oc1ccc(NCc2ccnc3ccccc23)cc1Cl. The highest BCUT2D eigenvalue weighted by Gasteiger charge is 2.03. The summed E-state index contributed by atoms with van der Waals surface area (Å²) in [5.74, 6) is 0.0894. The first-order valence-electron chi connectivity index (χ1n) is 6.29. The first-order valence-corrected chi connectivity index (χ1v) is 6.67. The molecule has 0 bridgehead atoms. The van der Waals surface area contributed by atoms with E-state index in [-0.39, 0.29) is 5.75 Å². The van der Waals surface area contributed by atoms with Gasteiger partial charge in [-0.05, 0) is 35.9 Å². The third-order valence-corrected chi connectivity index (χ3v) is 3.47. The second kappa shape index (κ2) is 5.39. The number of aromatic hydroxyl groups is 1. The molecule has 2 N–H and O–H groups in total. The number of para-hydroxylation sites is 1. The van der Waals surface area contributed by atoms with E-state index in [0.29, 0.717) is 11.6 Å². The molecule has 3 rings (SSSR count). The maximum Gasteiger partial charge on any atom is 0.134 e. The molecule has 0 saturated heterocycles. The fraction of sp³-hybridized carbons (Fsp3) is 0.0625. The molecule has 0 unspecified atom stereocenters. The van der Waals surface area contributed by atoms with Gasteiger partial charge in [-0.3, -0.25) is 4.98 Å². The topological polar surface area (TPSA) is 45.1 Å². The Bertz CT molecular complexity index is 753. The number of nitrogens with zero attached hydrogens (tertiary/aromatic N) is 1. The molecule has 0 fully saturated rings. The molecular formula is C16H13ClN2O. The molecule has 0 spiro atoms. The van der Waals surface area contributed by atoms with Gasteiger partial charge in [0.1, 0.15) is 5.75 Å². The molecule has 0 aliphatic rings. The van der Waals surface area contributed by atoms with Gasteiger partial charge in [-0.25, -0.2) is 0 Å². The van der Waals surface area contributed by atoms with Gasteiger partial charge in [0.2, 0.25) is 0 Å². The van der Waals surface area contributed by atoms with Crippen molar-refractivity contribution in [3.63, 3.8) is 0 Å². The van der Waals surface area contributed by atoms with Crippen molar-refractivity contribution in [2.24, 2.45) is 0 Å². The minimum absolute atomic E-state index is 0.0894. The van der Waals surface area contributed by atoms with Gasteiger partial charge in [-0.2, -0.15) is 0 Å². The minimum Gasteiger partial charge on any atom is -0.506 e. The van der Waals surface area contributed by atoms with Crippen LogP contribution in [0, 0.1) is 0 Å². The predicted molar refractivity (Wildman–Crippen MR) is 82.2 cm³/mol. The van der Waals surface area contributed by atoms with Crippen LogP contribution in [-0.4, -0.2) is 10.1 Å². The highest BCUT2D eigenvalue weighted by Crippen LogP contribution is 2.26. The number of nitrogens with one attached hydrogen (secondary N) is 1. The van der Waals surface area contributed by atoms with Gasteiger partial charge in [0.05, 0.1) is 10.5 Å². The van der Waals surface area contributed by atoms with Crippen LogP contribution >= 0.6 is 11.6 Å². The largest absolute Gasteiger partial charge is 0.506 e. The number of benzene rings is 2. The first kappa shape index (κ1) is 12.8. The molecule has 0 aliphatic carbocycles. The Labute approximate surface area is 121 Å². The van der Waals surface area contributed by atoms with Gasteiger partial charge in [-0.15, -0.1) is 0 Å². The number of anilines is 1. The molecule has 3 aromatic rings. The van der Waals surface area contributed by atoms with Crippen LogP contribution in [0.2, 0.25) is 5.02 Å². The predicted octanol–water partition coefficient (Wildman–Crippen LogP) is 4.21. The summed E-state index contributed by atoms with van der Waals surface area (Å²) in [6.07, 6.45) is 1.81. The highest BCUT2D eigenvalue weighted by atomic mass is 35.5. The summed E-state index contributed by atoms with van der Waals surface area (Å²) in [6.45, 7) is 0.671. The zero-order valence-electron chi connectivity index (χ0n) is 10.7. The van der Waals surface area contributed by atoms with E-state index in [9.17, 15) is 5.11 Å². The van der Waals surface area contributed by atoms with Gasteiger partial charge in [0.25, 0.3) is 0 Å². The van der Waals surface area contributed by atoms with E-state index in [1.54, 1.807) is 18.2 Å². The zero-order valence-corrected chi connectivity index (χ0v) is 11.4. The van der Waals surface area contributed by atoms with E-state index < -0.39 is 0 Å². The number of hydrogen-bond donors (Lipinski definition) is 2. The molecule has 0 aliphatic heterocycles. The van der Waals surface area contributed by atoms with Crippen LogP contribution in [0.4, 0.5) is 5.69 Å². The van der Waals surface area contributed by atoms with E-state index in [1.807, 2.05) is 30.5 Å². The Morgan fingerprint density at radius 1 is 1.10 bits per heavy atom. The van der Waals surface area contributed by atoms with Crippen molar-refractivity contribution >= 4 is 28.2 Å². The van der Waals surface area contributed by atoms with Crippen LogP contribution in [0.15, 0.2) is 54.7 Å². The zero-order chi connectivity index (χ0) is 13.9. The van der Waals surface area contributed by atoms with Crippen LogP contribution in [0.1, 0.15) is 5.56 Å². The fourth-order valence-corrected chi connectivity index (χ4v) is 2.30. The number of pyridine rings is 1. The first-order chi connectivity index (χ1) is 9.74. The second-order valence-corrected chi connectivity index (χ2v) is 4.91. The van der Waals surface area contributed by atoms with Crippen LogP contribution < -0.4 is 5.32 Å². The second-order valence-electron chi connectivity index (χ2n) is 4.51. The third kappa shape index (κ3) is 2.53. The van der Waals surface area contributed by atoms with Gasteiger partial charge >= 0.3 is 0 Å². The Morgan fingerprint density at radius 3 is 2.80 bits per heavy atom. The Balaban J connectivity index is 1.85. The van der Waals surface area contributed by atoms with Gasteiger partial charge in [0, 0.05) is 23.8 Å². The maximum atomic E-state index is 9.40. The molecule has 20 heavy (non-hydrogen) atoms. The molecule has 4 heteroatoms. The minimum atomic E-state index is 0.0894. The van der Waals surface area contributed by atoms with Crippen molar-refractivity contribution in [3.8, 4) is 5.75 Å². The van der Waals surface area contributed by atoms with Crippen molar-refractivity contribution in [1.82, 2.24) is 4.98 Å². The van der Waals surface area contributed by atoms with E-state index >= 15 is 0 Å². The number of halogens is 1. The lowest BCUT2D eigenvalue weighted by atomic mass is 10.1. The average molecular weight is 285 g/mol. The summed E-state index contributed by atoms with van der Waals surface area (Å²) in [6, 6.07) is 15.1. The monoisotopic (exact) mass is 284 g/mol. The van der Waals surface area contributed by atoms with Crippen molar-refractivity contribution in [3.05, 3.63) is 65.3 Å². The maximum absolute atomic E-state index is 9.40. The molecule has 100 valence electrons. The third-order valence-electron chi connectivity index (χ3n) is 3.17. The quantitative estimate of drug-likeness (QED) is 0.708. The molecule has 3 nitrogen and oxygen atoms in total. The van der Waals surface area contributed by atoms with E-state index in [4.69, 9.17) is 11.6 Å². The smallest absolute Gasteiger partial charge is 0.134 e. The van der Waals surface area contributed by atoms with Crippen molar-refractivity contribution in [2.75, 3.05) is 5.32 Å². The Kier molecular flexibility index (Phi) is 3.44. The Hall–Kier alpha value is -2.26. The number of rotatable bonds is 3. The molecule has 0 radical (unpaired) electrons. The molecule has 0 amide bonds.